The van der Waals surface area contributed by atoms with Crippen LogP contribution >= 0.6 is 0 Å². The number of nitrogens with one attached hydrogen (secondary N) is 4. The summed E-state index contributed by atoms with van der Waals surface area (Å²) >= 11 is 0. The van der Waals surface area contributed by atoms with E-state index >= 15 is 0 Å². The van der Waals surface area contributed by atoms with Gasteiger partial charge in [0, 0.05) is 59.8 Å². The number of anilines is 10. The molecule has 0 unspecified atom stereocenters. The molecule has 0 radical (unpaired) electrons. The van der Waals surface area contributed by atoms with Gasteiger partial charge < -0.3 is 51.3 Å². The van der Waals surface area contributed by atoms with Crippen LogP contribution in [-0.4, -0.2) is 57.4 Å². The maximum absolute atomic E-state index is 12.8. The SMILES string of the molecule is CN(c1ccccc1)c1cnc(Nc2cccc(O)c2)nc1.Oc1cccc(Nc2cnc(Nc3cccc(O)c3)nc2)c1.Oc1cccc(Nc2ncc(Oc3ccc(F)cc3)cn2)c1. The van der Waals surface area contributed by atoms with E-state index in [1.54, 1.807) is 104 Å². The van der Waals surface area contributed by atoms with Gasteiger partial charge in [0.2, 0.25) is 17.8 Å². The molecule has 330 valence electrons. The van der Waals surface area contributed by atoms with E-state index in [1.165, 1.54) is 36.7 Å². The molecule has 0 aliphatic rings. The minimum atomic E-state index is -0.325. The largest absolute Gasteiger partial charge is 0.508 e. The standard InChI is InChI=1S/C17H16N4O.C16H12FN3O2.C16H14N4O2/c1-21(14-7-3-2-4-8-14)15-11-18-17(19-12-15)20-13-6-5-9-16(22)10-13;17-11-4-6-14(7-5-11)22-15-9-18-16(19-10-15)20-12-2-1-3-13(21)8-12;21-14-5-1-3-11(7-14)19-13-9-17-16(18-10-13)20-12-4-2-6-15(22)8-12/h2-12,22H,1H3,(H,18,19,20);1-10,21H,(H,18,19,20);1-10,19,21-22H,(H,17,18,20). The van der Waals surface area contributed by atoms with Crippen LogP contribution < -0.4 is 30.9 Å². The van der Waals surface area contributed by atoms with Crippen molar-refractivity contribution in [1.82, 2.24) is 29.9 Å². The Morgan fingerprint density at radius 2 is 0.788 bits per heavy atom. The summed E-state index contributed by atoms with van der Waals surface area (Å²) in [7, 11) is 1.97. The highest BCUT2D eigenvalue weighted by atomic mass is 19.1. The highest BCUT2D eigenvalue weighted by molar-refractivity contribution is 5.63. The normalized spacial score (nSPS) is 10.2. The first kappa shape index (κ1) is 44.5. The first-order chi connectivity index (χ1) is 32.1. The average molecular weight is 884 g/mol. The van der Waals surface area contributed by atoms with Crippen molar-refractivity contribution in [3.05, 3.63) is 195 Å². The molecule has 0 amide bonds. The molecule has 16 nitrogen and oxygen atoms in total. The van der Waals surface area contributed by atoms with Crippen LogP contribution in [-0.2, 0) is 0 Å². The number of aromatic nitrogens is 6. The van der Waals surface area contributed by atoms with Gasteiger partial charge in [0.25, 0.3) is 0 Å². The van der Waals surface area contributed by atoms with Gasteiger partial charge in [-0.2, -0.15) is 0 Å². The molecule has 6 aromatic carbocycles. The number of nitrogens with zero attached hydrogens (tertiary/aromatic N) is 7. The van der Waals surface area contributed by atoms with Crippen LogP contribution in [0, 0.1) is 5.82 Å². The number of benzene rings is 6. The predicted octanol–water partition coefficient (Wildman–Crippen LogP) is 10.9. The lowest BCUT2D eigenvalue weighted by Crippen LogP contribution is -2.10. The van der Waals surface area contributed by atoms with Crippen LogP contribution in [0.3, 0.4) is 0 Å². The number of phenols is 4. The maximum Gasteiger partial charge on any atom is 0.227 e. The molecule has 0 saturated heterocycles. The summed E-state index contributed by atoms with van der Waals surface area (Å²) < 4.78 is 18.3. The van der Waals surface area contributed by atoms with Gasteiger partial charge in [-0.3, -0.25) is 0 Å². The van der Waals surface area contributed by atoms with E-state index in [0.29, 0.717) is 46.4 Å². The molecule has 0 aliphatic carbocycles. The minimum absolute atomic E-state index is 0.154. The number of aromatic hydroxyl groups is 4. The molecular formula is C49H42FN11O5. The fraction of sp³-hybridized carbons (Fsp3) is 0.0204. The van der Waals surface area contributed by atoms with Crippen molar-refractivity contribution >= 4 is 57.7 Å². The molecule has 3 aromatic heterocycles. The Morgan fingerprint density at radius 1 is 0.394 bits per heavy atom. The average Bonchev–Trinajstić information content (AvgIpc) is 3.32. The molecule has 0 saturated carbocycles. The lowest BCUT2D eigenvalue weighted by atomic mass is 10.3. The summed E-state index contributed by atoms with van der Waals surface area (Å²) in [5, 5.41) is 49.8. The van der Waals surface area contributed by atoms with E-state index in [4.69, 9.17) is 4.74 Å². The lowest BCUT2D eigenvalue weighted by Gasteiger charge is -2.18. The van der Waals surface area contributed by atoms with Gasteiger partial charge in [-0.25, -0.2) is 34.3 Å². The summed E-state index contributed by atoms with van der Waals surface area (Å²) in [5.74, 6) is 2.60. The summed E-state index contributed by atoms with van der Waals surface area (Å²) in [6, 6.07) is 42.7. The Morgan fingerprint density at radius 3 is 1.21 bits per heavy atom. The van der Waals surface area contributed by atoms with E-state index in [9.17, 15) is 24.8 Å². The maximum atomic E-state index is 12.8. The van der Waals surface area contributed by atoms with Gasteiger partial charge in [-0.05, 0) is 84.9 Å². The molecule has 3 heterocycles. The van der Waals surface area contributed by atoms with Crippen molar-refractivity contribution in [2.24, 2.45) is 0 Å². The predicted molar refractivity (Wildman–Crippen MR) is 253 cm³/mol. The number of hydrogen-bond donors (Lipinski definition) is 8. The van der Waals surface area contributed by atoms with Crippen LogP contribution in [0.15, 0.2) is 189 Å². The number of rotatable bonds is 12. The van der Waals surface area contributed by atoms with Crippen LogP contribution in [0.1, 0.15) is 0 Å². The van der Waals surface area contributed by atoms with Crippen molar-refractivity contribution < 1.29 is 29.6 Å². The van der Waals surface area contributed by atoms with E-state index in [2.05, 4.69) is 51.2 Å². The fourth-order valence-corrected chi connectivity index (χ4v) is 5.78. The first-order valence-electron chi connectivity index (χ1n) is 20.0. The van der Waals surface area contributed by atoms with Crippen molar-refractivity contribution in [1.29, 1.82) is 0 Å². The van der Waals surface area contributed by atoms with E-state index in [1.807, 2.05) is 60.5 Å². The number of hydrogen-bond acceptors (Lipinski definition) is 16. The number of halogens is 1. The Bertz CT molecular complexity index is 2850. The second-order valence-electron chi connectivity index (χ2n) is 14.0. The summed E-state index contributed by atoms with van der Waals surface area (Å²) in [6.07, 6.45) is 9.77. The lowest BCUT2D eigenvalue weighted by molar-refractivity contribution is 0.475. The third-order valence-electron chi connectivity index (χ3n) is 8.94. The van der Waals surface area contributed by atoms with Crippen molar-refractivity contribution in [3.8, 4) is 34.5 Å². The second kappa shape index (κ2) is 22.0. The molecule has 0 aliphatic heterocycles. The van der Waals surface area contributed by atoms with Gasteiger partial charge in [0.05, 0.1) is 48.6 Å². The monoisotopic (exact) mass is 883 g/mol. The molecule has 66 heavy (non-hydrogen) atoms. The Labute approximate surface area is 378 Å². The van der Waals surface area contributed by atoms with Gasteiger partial charge in [-0.15, -0.1) is 0 Å². The third-order valence-corrected chi connectivity index (χ3v) is 8.94. The molecule has 0 fully saturated rings. The van der Waals surface area contributed by atoms with Crippen LogP contribution in [0.2, 0.25) is 0 Å². The molecule has 0 spiro atoms. The van der Waals surface area contributed by atoms with E-state index < -0.39 is 0 Å². The first-order valence-corrected chi connectivity index (χ1v) is 20.0. The minimum Gasteiger partial charge on any atom is -0.508 e. The zero-order valence-electron chi connectivity index (χ0n) is 35.1. The van der Waals surface area contributed by atoms with Crippen LogP contribution in [0.5, 0.6) is 34.5 Å². The van der Waals surface area contributed by atoms with Gasteiger partial charge in [0.15, 0.2) is 5.75 Å². The Balaban J connectivity index is 0.000000147. The number of phenolic OH excluding ortho intramolecular Hbond substituents is 4. The number of ether oxygens (including phenoxy) is 1. The van der Waals surface area contributed by atoms with Crippen LogP contribution in [0.25, 0.3) is 0 Å². The smallest absolute Gasteiger partial charge is 0.227 e. The molecule has 17 heteroatoms. The van der Waals surface area contributed by atoms with E-state index in [-0.39, 0.29) is 28.8 Å². The zero-order chi connectivity index (χ0) is 46.1. The van der Waals surface area contributed by atoms with Gasteiger partial charge >= 0.3 is 0 Å². The highest BCUT2D eigenvalue weighted by Crippen LogP contribution is 2.26. The second-order valence-corrected chi connectivity index (χ2v) is 14.0. The van der Waals surface area contributed by atoms with Gasteiger partial charge in [-0.1, -0.05) is 42.5 Å². The number of para-hydroxylation sites is 1. The molecule has 9 aromatic rings. The van der Waals surface area contributed by atoms with Crippen LogP contribution in [0.4, 0.5) is 62.0 Å². The highest BCUT2D eigenvalue weighted by Gasteiger charge is 2.07. The summed E-state index contributed by atoms with van der Waals surface area (Å²) in [5.41, 5.74) is 5.53. The summed E-state index contributed by atoms with van der Waals surface area (Å²) in [6.45, 7) is 0. The Kier molecular flexibility index (Phi) is 14.9. The Hall–Kier alpha value is -9.51. The molecule has 0 atom stereocenters. The van der Waals surface area contributed by atoms with Crippen molar-refractivity contribution in [2.45, 2.75) is 0 Å². The molecule has 0 bridgehead atoms. The van der Waals surface area contributed by atoms with Crippen molar-refractivity contribution in [2.75, 3.05) is 33.2 Å². The van der Waals surface area contributed by atoms with E-state index in [0.717, 1.165) is 22.7 Å². The molecule has 9 rings (SSSR count). The fourth-order valence-electron chi connectivity index (χ4n) is 5.78. The zero-order valence-corrected chi connectivity index (χ0v) is 35.1. The quantitative estimate of drug-likeness (QED) is 0.0572. The molecule has 8 N–H and O–H groups in total. The topological polar surface area (TPSA) is 219 Å². The summed E-state index contributed by atoms with van der Waals surface area (Å²) in [4.78, 5) is 27.2. The third kappa shape index (κ3) is 13.7. The molecular weight excluding hydrogens is 842 g/mol. The van der Waals surface area contributed by atoms with Gasteiger partial charge in [0.1, 0.15) is 34.6 Å². The van der Waals surface area contributed by atoms with Crippen molar-refractivity contribution in [3.63, 3.8) is 0 Å².